The maximum absolute atomic E-state index is 14.0. The lowest BCUT2D eigenvalue weighted by Crippen LogP contribution is -2.62. The minimum Gasteiger partial charge on any atom is -0.491 e. The van der Waals surface area contributed by atoms with Crippen LogP contribution in [-0.2, 0) is 20.7 Å². The number of rotatable bonds is 6. The summed E-state index contributed by atoms with van der Waals surface area (Å²) in [6.45, 7) is 4.44. The van der Waals surface area contributed by atoms with Crippen molar-refractivity contribution in [3.8, 4) is 11.5 Å². The van der Waals surface area contributed by atoms with Crippen molar-refractivity contribution in [2.45, 2.75) is 51.0 Å². The lowest BCUT2D eigenvalue weighted by atomic mass is 9.90. The number of carbonyl (C=O) groups is 2. The van der Waals surface area contributed by atoms with Gasteiger partial charge in [-0.15, -0.1) is 0 Å². The Labute approximate surface area is 224 Å². The lowest BCUT2D eigenvalue weighted by molar-refractivity contribution is -0.177. The van der Waals surface area contributed by atoms with Gasteiger partial charge >= 0.3 is 0 Å². The SMILES string of the molecule is CCCCN1CCOc2ccccc2CCCCC2(CN(C(=O)COc3ccccc3Cl)CCO2)C1=O. The number of hydrogen-bond donors (Lipinski definition) is 0. The molecule has 1 unspecified atom stereocenters. The van der Waals surface area contributed by atoms with Gasteiger partial charge in [0, 0.05) is 13.1 Å². The summed E-state index contributed by atoms with van der Waals surface area (Å²) >= 11 is 6.18. The van der Waals surface area contributed by atoms with Gasteiger partial charge in [-0.1, -0.05) is 55.3 Å². The molecule has 2 aliphatic heterocycles. The van der Waals surface area contributed by atoms with E-state index in [0.717, 1.165) is 37.9 Å². The standard InChI is InChI=1S/C29H37ClN2O5/c1-2-3-16-31-17-19-35-25-13-6-4-10-23(25)11-8-9-15-29(28(31)34)22-32(18-20-37-29)27(33)21-36-26-14-7-5-12-24(26)30/h4-7,10,12-14H,2-3,8-9,11,15-22H2,1H3. The van der Waals surface area contributed by atoms with Crippen molar-refractivity contribution in [1.29, 1.82) is 0 Å². The van der Waals surface area contributed by atoms with E-state index < -0.39 is 5.60 Å². The highest BCUT2D eigenvalue weighted by Gasteiger charge is 2.46. The van der Waals surface area contributed by atoms with Crippen molar-refractivity contribution in [3.05, 3.63) is 59.1 Å². The maximum atomic E-state index is 14.0. The molecular formula is C29H37ClN2O5. The summed E-state index contributed by atoms with van der Waals surface area (Å²) in [7, 11) is 0. The van der Waals surface area contributed by atoms with Crippen LogP contribution in [0.1, 0.15) is 44.6 Å². The molecule has 1 saturated heterocycles. The molecule has 0 N–H and O–H groups in total. The Hall–Kier alpha value is -2.77. The van der Waals surface area contributed by atoms with Gasteiger partial charge in [-0.25, -0.2) is 0 Å². The van der Waals surface area contributed by atoms with Crippen molar-refractivity contribution in [3.63, 3.8) is 0 Å². The van der Waals surface area contributed by atoms with Crippen LogP contribution >= 0.6 is 11.6 Å². The molecular weight excluding hydrogens is 492 g/mol. The maximum Gasteiger partial charge on any atom is 0.260 e. The molecule has 1 spiro atoms. The minimum atomic E-state index is -1.06. The van der Waals surface area contributed by atoms with Gasteiger partial charge in [0.15, 0.2) is 12.2 Å². The normalized spacial score (nSPS) is 21.0. The average Bonchev–Trinajstić information content (AvgIpc) is 2.92. The Morgan fingerprint density at radius 2 is 1.89 bits per heavy atom. The van der Waals surface area contributed by atoms with Crippen LogP contribution in [-0.4, -0.2) is 73.2 Å². The number of ether oxygens (including phenoxy) is 3. The molecule has 2 amide bonds. The highest BCUT2D eigenvalue weighted by molar-refractivity contribution is 6.32. The lowest BCUT2D eigenvalue weighted by Gasteiger charge is -2.44. The van der Waals surface area contributed by atoms with E-state index in [2.05, 4.69) is 13.0 Å². The number of benzene rings is 2. The molecule has 0 radical (unpaired) electrons. The van der Waals surface area contributed by atoms with E-state index in [4.69, 9.17) is 25.8 Å². The van der Waals surface area contributed by atoms with Gasteiger partial charge in [-0.2, -0.15) is 0 Å². The van der Waals surface area contributed by atoms with Crippen LogP contribution < -0.4 is 9.47 Å². The van der Waals surface area contributed by atoms with Gasteiger partial charge < -0.3 is 24.0 Å². The predicted octanol–water partition coefficient (Wildman–Crippen LogP) is 4.75. The van der Waals surface area contributed by atoms with Gasteiger partial charge in [0.25, 0.3) is 11.8 Å². The first-order chi connectivity index (χ1) is 18.0. The fourth-order valence-corrected chi connectivity index (χ4v) is 5.16. The topological polar surface area (TPSA) is 68.3 Å². The third kappa shape index (κ3) is 6.96. The molecule has 0 saturated carbocycles. The van der Waals surface area contributed by atoms with Crippen molar-refractivity contribution in [1.82, 2.24) is 9.80 Å². The number of halogens is 1. The van der Waals surface area contributed by atoms with Crippen molar-refractivity contribution in [2.75, 3.05) is 46.0 Å². The minimum absolute atomic E-state index is 0.0528. The number of nitrogens with zero attached hydrogens (tertiary/aromatic N) is 2. The van der Waals surface area contributed by atoms with Crippen molar-refractivity contribution in [2.24, 2.45) is 0 Å². The molecule has 0 aromatic heterocycles. The number of fused-ring (bicyclic) bond motifs is 1. The van der Waals surface area contributed by atoms with E-state index in [-0.39, 0.29) is 25.0 Å². The Morgan fingerprint density at radius 1 is 1.08 bits per heavy atom. The van der Waals surface area contributed by atoms with Gasteiger partial charge in [0.2, 0.25) is 0 Å². The Bertz CT molecular complexity index is 1060. The first kappa shape index (κ1) is 27.3. The summed E-state index contributed by atoms with van der Waals surface area (Å²) in [6.07, 6.45) is 5.01. The zero-order valence-corrected chi connectivity index (χ0v) is 22.4. The Balaban J connectivity index is 1.50. The largest absolute Gasteiger partial charge is 0.491 e. The summed E-state index contributed by atoms with van der Waals surface area (Å²) in [5, 5.41) is 0.457. The molecule has 0 aliphatic carbocycles. The molecule has 7 nitrogen and oxygen atoms in total. The molecule has 2 aliphatic rings. The van der Waals surface area contributed by atoms with Crippen molar-refractivity contribution < 1.29 is 23.8 Å². The number of morpholine rings is 1. The molecule has 0 bridgehead atoms. The number of para-hydroxylation sites is 2. The second kappa shape index (κ2) is 13.2. The Morgan fingerprint density at radius 3 is 2.73 bits per heavy atom. The first-order valence-electron chi connectivity index (χ1n) is 13.3. The quantitative estimate of drug-likeness (QED) is 0.541. The van der Waals surface area contributed by atoms with Crippen LogP contribution in [0.4, 0.5) is 0 Å². The fourth-order valence-electron chi connectivity index (χ4n) is 4.97. The molecule has 1 fully saturated rings. The molecule has 37 heavy (non-hydrogen) atoms. The molecule has 8 heteroatoms. The van der Waals surface area contributed by atoms with Gasteiger partial charge in [-0.05, 0) is 55.9 Å². The predicted molar refractivity (Wildman–Crippen MR) is 143 cm³/mol. The number of hydrogen-bond acceptors (Lipinski definition) is 5. The zero-order valence-electron chi connectivity index (χ0n) is 21.6. The first-order valence-corrected chi connectivity index (χ1v) is 13.7. The van der Waals surface area contributed by atoms with E-state index in [1.807, 2.05) is 35.2 Å². The van der Waals surface area contributed by atoms with Crippen LogP contribution in [0.5, 0.6) is 11.5 Å². The van der Waals surface area contributed by atoms with Crippen LogP contribution in [0.25, 0.3) is 0 Å². The van der Waals surface area contributed by atoms with Crippen LogP contribution in [0.2, 0.25) is 5.02 Å². The Kier molecular flexibility index (Phi) is 9.69. The van der Waals surface area contributed by atoms with E-state index in [1.165, 1.54) is 5.56 Å². The van der Waals surface area contributed by atoms with Crippen LogP contribution in [0, 0.1) is 0 Å². The highest BCUT2D eigenvalue weighted by Crippen LogP contribution is 2.30. The van der Waals surface area contributed by atoms with E-state index in [1.54, 1.807) is 17.0 Å². The smallest absolute Gasteiger partial charge is 0.260 e. The van der Waals surface area contributed by atoms with Crippen LogP contribution in [0.3, 0.4) is 0 Å². The summed E-state index contributed by atoms with van der Waals surface area (Å²) in [6, 6.07) is 15.2. The molecule has 200 valence electrons. The third-order valence-electron chi connectivity index (χ3n) is 7.05. The van der Waals surface area contributed by atoms with Gasteiger partial charge in [0.1, 0.15) is 18.1 Å². The molecule has 2 aromatic carbocycles. The molecule has 2 aromatic rings. The van der Waals surface area contributed by atoms with E-state index >= 15 is 0 Å². The summed E-state index contributed by atoms with van der Waals surface area (Å²) < 4.78 is 18.1. The number of unbranched alkanes of at least 4 members (excludes halogenated alkanes) is 1. The van der Waals surface area contributed by atoms with Gasteiger partial charge in [-0.3, -0.25) is 9.59 Å². The molecule has 4 rings (SSSR count). The zero-order chi connectivity index (χ0) is 26.1. The second-order valence-corrected chi connectivity index (χ2v) is 10.1. The second-order valence-electron chi connectivity index (χ2n) is 9.69. The van der Waals surface area contributed by atoms with Crippen molar-refractivity contribution >= 4 is 23.4 Å². The van der Waals surface area contributed by atoms with Crippen LogP contribution in [0.15, 0.2) is 48.5 Å². The number of carbonyl (C=O) groups excluding carboxylic acids is 2. The summed E-state index contributed by atoms with van der Waals surface area (Å²) in [5.74, 6) is 1.13. The average molecular weight is 529 g/mol. The molecule has 2 heterocycles. The third-order valence-corrected chi connectivity index (χ3v) is 7.37. The fraction of sp³-hybridized carbons (Fsp3) is 0.517. The number of aryl methyl sites for hydroxylation is 1. The highest BCUT2D eigenvalue weighted by atomic mass is 35.5. The van der Waals surface area contributed by atoms with E-state index in [0.29, 0.717) is 50.0 Å². The monoisotopic (exact) mass is 528 g/mol. The molecule has 1 atom stereocenters. The summed E-state index contributed by atoms with van der Waals surface area (Å²) in [4.78, 5) is 30.7. The number of amides is 2. The van der Waals surface area contributed by atoms with E-state index in [9.17, 15) is 9.59 Å². The summed E-state index contributed by atoms with van der Waals surface area (Å²) in [5.41, 5.74) is 0.117. The van der Waals surface area contributed by atoms with Gasteiger partial charge in [0.05, 0.1) is 24.7 Å².